The number of aromatic nitrogens is 1. The van der Waals surface area contributed by atoms with Crippen molar-refractivity contribution in [2.45, 2.75) is 13.8 Å². The summed E-state index contributed by atoms with van der Waals surface area (Å²) >= 11 is 0. The Kier molecular flexibility index (Phi) is 4.10. The predicted molar refractivity (Wildman–Crippen MR) is 107 cm³/mol. The van der Waals surface area contributed by atoms with Gasteiger partial charge in [0.2, 0.25) is 0 Å². The van der Waals surface area contributed by atoms with Crippen molar-refractivity contribution in [2.75, 3.05) is 0 Å². The molecule has 0 atom stereocenters. The molecule has 1 heterocycles. The van der Waals surface area contributed by atoms with E-state index in [0.717, 1.165) is 27.7 Å². The topological polar surface area (TPSA) is 30.0 Å². The van der Waals surface area contributed by atoms with E-state index in [1.807, 2.05) is 31.2 Å². The van der Waals surface area contributed by atoms with Crippen molar-refractivity contribution < 1.29 is 4.79 Å². The van der Waals surface area contributed by atoms with Gasteiger partial charge in [-0.3, -0.25) is 9.78 Å². The van der Waals surface area contributed by atoms with Gasteiger partial charge in [-0.05, 0) is 60.4 Å². The molecule has 0 saturated heterocycles. The van der Waals surface area contributed by atoms with Crippen LogP contribution in [0.1, 0.15) is 23.0 Å². The molecule has 2 nitrogen and oxygen atoms in total. The number of hydrogen-bond donors (Lipinski definition) is 0. The lowest BCUT2D eigenvalue weighted by molar-refractivity contribution is 0.101. The first-order valence-electron chi connectivity index (χ1n) is 8.70. The van der Waals surface area contributed by atoms with Gasteiger partial charge in [0.05, 0.1) is 5.52 Å². The molecule has 0 spiro atoms. The highest BCUT2D eigenvalue weighted by Crippen LogP contribution is 2.36. The molecule has 0 bridgehead atoms. The maximum absolute atomic E-state index is 11.9. The lowest BCUT2D eigenvalue weighted by Crippen LogP contribution is -1.95. The van der Waals surface area contributed by atoms with Crippen molar-refractivity contribution in [2.24, 2.45) is 0 Å². The molecule has 0 aliphatic rings. The van der Waals surface area contributed by atoms with Gasteiger partial charge in [0.25, 0.3) is 0 Å². The van der Waals surface area contributed by atoms with Gasteiger partial charge < -0.3 is 0 Å². The van der Waals surface area contributed by atoms with Crippen LogP contribution in [-0.2, 0) is 0 Å². The average Bonchev–Trinajstić information content (AvgIpc) is 2.67. The largest absolute Gasteiger partial charge is 0.295 e. The molecule has 0 N–H and O–H groups in total. The van der Waals surface area contributed by atoms with E-state index in [-0.39, 0.29) is 5.78 Å². The molecule has 0 aliphatic carbocycles. The molecule has 0 amide bonds. The monoisotopic (exact) mass is 337 g/mol. The van der Waals surface area contributed by atoms with E-state index in [1.54, 1.807) is 6.92 Å². The fourth-order valence-corrected chi connectivity index (χ4v) is 3.39. The summed E-state index contributed by atoms with van der Waals surface area (Å²) in [7, 11) is 0. The lowest BCUT2D eigenvalue weighted by atomic mass is 9.91. The van der Waals surface area contributed by atoms with Crippen molar-refractivity contribution in [3.8, 4) is 22.3 Å². The quantitative estimate of drug-likeness (QED) is 0.424. The molecule has 26 heavy (non-hydrogen) atoms. The minimum absolute atomic E-state index is 0.0646. The van der Waals surface area contributed by atoms with Crippen LogP contribution in [0.2, 0.25) is 0 Å². The van der Waals surface area contributed by atoms with E-state index in [1.165, 1.54) is 11.1 Å². The number of fused-ring (bicyclic) bond motifs is 1. The van der Waals surface area contributed by atoms with Gasteiger partial charge in [-0.25, -0.2) is 0 Å². The van der Waals surface area contributed by atoms with E-state index < -0.39 is 0 Å². The maximum Gasteiger partial charge on any atom is 0.159 e. The molecule has 1 aromatic heterocycles. The SMILES string of the molecule is CC(=O)c1ccc2nc(C)cc(-c3ccccc3-c3ccccc3)c2c1. The zero-order chi connectivity index (χ0) is 18.1. The molecule has 0 saturated carbocycles. The summed E-state index contributed by atoms with van der Waals surface area (Å²) in [5.41, 5.74) is 7.19. The van der Waals surface area contributed by atoms with Gasteiger partial charge in [0, 0.05) is 16.6 Å². The van der Waals surface area contributed by atoms with Crippen molar-refractivity contribution in [1.29, 1.82) is 0 Å². The van der Waals surface area contributed by atoms with Gasteiger partial charge in [0.1, 0.15) is 0 Å². The van der Waals surface area contributed by atoms with Crippen LogP contribution in [-0.4, -0.2) is 10.8 Å². The van der Waals surface area contributed by atoms with Crippen molar-refractivity contribution in [3.63, 3.8) is 0 Å². The van der Waals surface area contributed by atoms with Gasteiger partial charge in [0.15, 0.2) is 5.78 Å². The van der Waals surface area contributed by atoms with Crippen molar-refractivity contribution in [3.05, 3.63) is 90.1 Å². The second-order valence-corrected chi connectivity index (χ2v) is 6.51. The summed E-state index contributed by atoms with van der Waals surface area (Å²) in [5.74, 6) is 0.0646. The van der Waals surface area contributed by atoms with Crippen LogP contribution >= 0.6 is 0 Å². The Morgan fingerprint density at radius 1 is 0.769 bits per heavy atom. The third kappa shape index (κ3) is 2.91. The van der Waals surface area contributed by atoms with Gasteiger partial charge in [-0.15, -0.1) is 0 Å². The normalized spacial score (nSPS) is 10.8. The first-order valence-corrected chi connectivity index (χ1v) is 8.70. The fourth-order valence-electron chi connectivity index (χ4n) is 3.39. The Bertz CT molecular complexity index is 1110. The number of nitrogens with zero attached hydrogens (tertiary/aromatic N) is 1. The molecule has 0 fully saturated rings. The van der Waals surface area contributed by atoms with Crippen molar-refractivity contribution in [1.82, 2.24) is 4.98 Å². The lowest BCUT2D eigenvalue weighted by Gasteiger charge is -2.14. The minimum atomic E-state index is 0.0646. The number of Topliss-reactive ketones (excluding diaryl/α,β-unsaturated/α-hetero) is 1. The Morgan fingerprint density at radius 3 is 2.19 bits per heavy atom. The molecular formula is C24H19NO. The number of carbonyl (C=O) groups excluding carboxylic acids is 1. The van der Waals surface area contributed by atoms with Crippen LogP contribution in [0.25, 0.3) is 33.2 Å². The maximum atomic E-state index is 11.9. The number of carbonyl (C=O) groups is 1. The number of benzene rings is 3. The molecule has 0 aliphatic heterocycles. The highest BCUT2D eigenvalue weighted by molar-refractivity contribution is 6.03. The number of rotatable bonds is 3. The summed E-state index contributed by atoms with van der Waals surface area (Å²) < 4.78 is 0. The van der Waals surface area contributed by atoms with E-state index in [2.05, 4.69) is 59.6 Å². The highest BCUT2D eigenvalue weighted by atomic mass is 16.1. The molecular weight excluding hydrogens is 318 g/mol. The third-order valence-corrected chi connectivity index (χ3v) is 4.65. The summed E-state index contributed by atoms with van der Waals surface area (Å²) in [6.45, 7) is 3.60. The van der Waals surface area contributed by atoms with Crippen LogP contribution in [0, 0.1) is 6.92 Å². The Morgan fingerprint density at radius 2 is 1.46 bits per heavy atom. The third-order valence-electron chi connectivity index (χ3n) is 4.65. The molecule has 126 valence electrons. The van der Waals surface area contributed by atoms with E-state index in [0.29, 0.717) is 5.56 Å². The second-order valence-electron chi connectivity index (χ2n) is 6.51. The molecule has 4 rings (SSSR count). The van der Waals surface area contributed by atoms with E-state index >= 15 is 0 Å². The van der Waals surface area contributed by atoms with Gasteiger partial charge >= 0.3 is 0 Å². The predicted octanol–water partition coefficient (Wildman–Crippen LogP) is 6.08. The Balaban J connectivity index is 2.04. The van der Waals surface area contributed by atoms with Crippen LogP contribution in [0.5, 0.6) is 0 Å². The summed E-state index contributed by atoms with van der Waals surface area (Å²) in [4.78, 5) is 16.5. The first kappa shape index (κ1) is 16.2. The number of pyridine rings is 1. The van der Waals surface area contributed by atoms with E-state index in [9.17, 15) is 4.79 Å². The van der Waals surface area contributed by atoms with Crippen LogP contribution in [0.4, 0.5) is 0 Å². The standard InChI is InChI=1S/C24H19NO/c1-16-14-22(23-15-19(17(2)26)12-13-24(23)25-16)21-11-7-6-10-20(21)18-8-4-3-5-9-18/h3-15H,1-2H3. The molecule has 3 aromatic carbocycles. The van der Waals surface area contributed by atoms with Crippen LogP contribution in [0.3, 0.4) is 0 Å². The average molecular weight is 337 g/mol. The second kappa shape index (κ2) is 6.57. The number of aryl methyl sites for hydroxylation is 1. The fraction of sp³-hybridized carbons (Fsp3) is 0.0833. The molecule has 0 unspecified atom stereocenters. The highest BCUT2D eigenvalue weighted by Gasteiger charge is 2.13. The Labute approximate surface area is 153 Å². The molecule has 2 heteroatoms. The van der Waals surface area contributed by atoms with Gasteiger partial charge in [-0.2, -0.15) is 0 Å². The number of ketones is 1. The number of hydrogen-bond acceptors (Lipinski definition) is 2. The zero-order valence-electron chi connectivity index (χ0n) is 14.9. The van der Waals surface area contributed by atoms with E-state index in [4.69, 9.17) is 0 Å². The van der Waals surface area contributed by atoms with Crippen LogP contribution < -0.4 is 0 Å². The molecule has 4 aromatic rings. The summed E-state index contributed by atoms with van der Waals surface area (Å²) in [6.07, 6.45) is 0. The first-order chi connectivity index (χ1) is 12.6. The summed E-state index contributed by atoms with van der Waals surface area (Å²) in [5, 5.41) is 1.01. The van der Waals surface area contributed by atoms with Crippen LogP contribution in [0.15, 0.2) is 78.9 Å². The smallest absolute Gasteiger partial charge is 0.159 e. The minimum Gasteiger partial charge on any atom is -0.295 e. The van der Waals surface area contributed by atoms with Crippen molar-refractivity contribution >= 4 is 16.7 Å². The zero-order valence-corrected chi connectivity index (χ0v) is 14.9. The summed E-state index contributed by atoms with van der Waals surface area (Å²) in [6, 6.07) is 26.6. The Hall–Kier alpha value is -3.26. The van der Waals surface area contributed by atoms with Gasteiger partial charge in [-0.1, -0.05) is 54.6 Å². The molecule has 0 radical (unpaired) electrons.